The first-order chi connectivity index (χ1) is 17.5. The molecule has 0 saturated heterocycles. The van der Waals surface area contributed by atoms with Crippen LogP contribution in [0.25, 0.3) is 0 Å². The third-order valence-corrected chi connectivity index (χ3v) is 8.13. The molecule has 0 unspecified atom stereocenters. The van der Waals surface area contributed by atoms with E-state index in [1.807, 2.05) is 31.1 Å². The number of aromatic nitrogens is 2. The molecule has 11 heteroatoms. The van der Waals surface area contributed by atoms with Gasteiger partial charge < -0.3 is 10.2 Å². The Morgan fingerprint density at radius 3 is 2.51 bits per heavy atom. The van der Waals surface area contributed by atoms with E-state index in [1.54, 1.807) is 6.07 Å². The number of anilines is 2. The van der Waals surface area contributed by atoms with Gasteiger partial charge in [0.05, 0.1) is 17.0 Å². The van der Waals surface area contributed by atoms with Gasteiger partial charge in [-0.3, -0.25) is 9.89 Å². The summed E-state index contributed by atoms with van der Waals surface area (Å²) in [7, 11) is -0.293. The number of benzene rings is 2. The summed E-state index contributed by atoms with van der Waals surface area (Å²) < 4.78 is 54.8. The lowest BCUT2D eigenvalue weighted by atomic mass is 9.99. The first-order valence-corrected chi connectivity index (χ1v) is 13.5. The molecule has 1 aromatic heterocycles. The Bertz CT molecular complexity index is 1400. The van der Waals surface area contributed by atoms with Crippen LogP contribution in [0.1, 0.15) is 41.2 Å². The molecule has 8 nitrogen and oxygen atoms in total. The fourth-order valence-electron chi connectivity index (χ4n) is 4.27. The predicted octanol–water partition coefficient (Wildman–Crippen LogP) is 3.99. The van der Waals surface area contributed by atoms with E-state index >= 15 is 0 Å². The summed E-state index contributed by atoms with van der Waals surface area (Å²) >= 11 is 0. The molecule has 0 saturated carbocycles. The van der Waals surface area contributed by atoms with E-state index in [9.17, 15) is 22.0 Å². The van der Waals surface area contributed by atoms with E-state index in [0.717, 1.165) is 33.5 Å². The van der Waals surface area contributed by atoms with Gasteiger partial charge in [-0.1, -0.05) is 13.8 Å². The number of nitrogens with one attached hydrogen (secondary N) is 2. The Labute approximate surface area is 215 Å². The molecule has 0 amide bonds. The summed E-state index contributed by atoms with van der Waals surface area (Å²) in [6.07, 6.45) is 0.318. The third kappa shape index (κ3) is 5.83. The SMILES string of the molecule is CC(C)CNc1cc(N(C)C)ccc1C(=O)Cc1n[nH]c2c1CN(S(=O)(=O)c1cc(F)cc(F)c1)CC2. The molecular formula is C26H31F2N5O3S. The van der Waals surface area contributed by atoms with Crippen molar-refractivity contribution in [1.29, 1.82) is 0 Å². The minimum atomic E-state index is -4.15. The van der Waals surface area contributed by atoms with Gasteiger partial charge in [-0.15, -0.1) is 0 Å². The largest absolute Gasteiger partial charge is 0.384 e. The van der Waals surface area contributed by atoms with Crippen molar-refractivity contribution >= 4 is 27.2 Å². The minimum Gasteiger partial charge on any atom is -0.384 e. The Morgan fingerprint density at radius 2 is 1.86 bits per heavy atom. The fraction of sp³-hybridized carbons (Fsp3) is 0.385. The third-order valence-electron chi connectivity index (χ3n) is 6.31. The molecule has 2 N–H and O–H groups in total. The molecule has 4 rings (SSSR count). The molecule has 0 spiro atoms. The van der Waals surface area contributed by atoms with Crippen molar-refractivity contribution in [2.24, 2.45) is 5.92 Å². The maximum atomic E-state index is 13.7. The highest BCUT2D eigenvalue weighted by Gasteiger charge is 2.32. The highest BCUT2D eigenvalue weighted by Crippen LogP contribution is 2.29. The van der Waals surface area contributed by atoms with Crippen molar-refractivity contribution in [3.63, 3.8) is 0 Å². The predicted molar refractivity (Wildman–Crippen MR) is 138 cm³/mol. The van der Waals surface area contributed by atoms with Crippen molar-refractivity contribution in [1.82, 2.24) is 14.5 Å². The van der Waals surface area contributed by atoms with Gasteiger partial charge in [0.1, 0.15) is 11.6 Å². The molecule has 1 aliphatic rings. The van der Waals surface area contributed by atoms with Crippen LogP contribution in [0.4, 0.5) is 20.2 Å². The molecule has 0 aliphatic carbocycles. The Balaban J connectivity index is 1.59. The molecule has 0 atom stereocenters. The van der Waals surface area contributed by atoms with E-state index in [4.69, 9.17) is 0 Å². The molecule has 198 valence electrons. The number of carbonyl (C=O) groups is 1. The van der Waals surface area contributed by atoms with Crippen molar-refractivity contribution in [2.75, 3.05) is 37.4 Å². The van der Waals surface area contributed by atoms with Crippen LogP contribution in [-0.4, -0.2) is 55.9 Å². The van der Waals surface area contributed by atoms with E-state index in [1.165, 1.54) is 0 Å². The van der Waals surface area contributed by atoms with Crippen molar-refractivity contribution < 1.29 is 22.0 Å². The first kappa shape index (κ1) is 26.7. The number of carbonyl (C=O) groups excluding carboxylic acids is 1. The zero-order valence-electron chi connectivity index (χ0n) is 21.3. The standard InChI is InChI=1S/C26H31F2N5O3S/c1-16(2)14-29-24-12-19(32(3)4)5-6-21(24)26(34)13-25-22-15-33(8-7-23(22)30-31-25)37(35,36)20-10-17(27)9-18(28)11-20/h5-6,9-12,16,29H,7-8,13-15H2,1-4H3,(H,30,31). The van der Waals surface area contributed by atoms with Crippen LogP contribution in [0, 0.1) is 17.6 Å². The van der Waals surface area contributed by atoms with Gasteiger partial charge in [0.25, 0.3) is 0 Å². The Morgan fingerprint density at radius 1 is 1.16 bits per heavy atom. The van der Waals surface area contributed by atoms with E-state index in [-0.39, 0.29) is 25.3 Å². The molecular weight excluding hydrogens is 500 g/mol. The van der Waals surface area contributed by atoms with Gasteiger partial charge in [0, 0.05) is 74.4 Å². The van der Waals surface area contributed by atoms with E-state index in [2.05, 4.69) is 29.4 Å². The number of hydrogen-bond acceptors (Lipinski definition) is 6. The number of hydrogen-bond donors (Lipinski definition) is 2. The van der Waals surface area contributed by atoms with Crippen molar-refractivity contribution in [3.05, 3.63) is 70.5 Å². The number of H-pyrrole nitrogens is 1. The number of ketones is 1. The van der Waals surface area contributed by atoms with Crippen LogP contribution in [0.3, 0.4) is 0 Å². The second kappa shape index (κ2) is 10.6. The summed E-state index contributed by atoms with van der Waals surface area (Å²) in [5.41, 5.74) is 4.03. The van der Waals surface area contributed by atoms with Crippen LogP contribution in [0.15, 0.2) is 41.3 Å². The van der Waals surface area contributed by atoms with Crippen LogP contribution in [0.2, 0.25) is 0 Å². The number of sulfonamides is 1. The average molecular weight is 532 g/mol. The summed E-state index contributed by atoms with van der Waals surface area (Å²) in [4.78, 5) is 14.9. The monoisotopic (exact) mass is 531 g/mol. The molecule has 2 aromatic carbocycles. The number of fused-ring (bicyclic) bond motifs is 1. The van der Waals surface area contributed by atoms with Crippen LogP contribution < -0.4 is 10.2 Å². The second-order valence-corrected chi connectivity index (χ2v) is 11.8. The van der Waals surface area contributed by atoms with Gasteiger partial charge in [-0.2, -0.15) is 9.40 Å². The van der Waals surface area contributed by atoms with Crippen molar-refractivity contribution in [2.45, 2.75) is 38.1 Å². The summed E-state index contributed by atoms with van der Waals surface area (Å²) in [6, 6.07) is 7.83. The molecule has 0 fully saturated rings. The molecule has 1 aliphatic heterocycles. The molecule has 0 radical (unpaired) electrons. The minimum absolute atomic E-state index is 0.0218. The lowest BCUT2D eigenvalue weighted by Gasteiger charge is -2.26. The van der Waals surface area contributed by atoms with Gasteiger partial charge in [-0.05, 0) is 36.2 Å². The van der Waals surface area contributed by atoms with Gasteiger partial charge in [0.2, 0.25) is 10.0 Å². The summed E-state index contributed by atoms with van der Waals surface area (Å²) in [5.74, 6) is -1.71. The zero-order chi connectivity index (χ0) is 26.9. The number of rotatable bonds is 9. The molecule has 0 bridgehead atoms. The first-order valence-electron chi connectivity index (χ1n) is 12.1. The molecule has 2 heterocycles. The van der Waals surface area contributed by atoms with Gasteiger partial charge >= 0.3 is 0 Å². The molecule has 37 heavy (non-hydrogen) atoms. The number of nitrogens with zero attached hydrogens (tertiary/aromatic N) is 3. The highest BCUT2D eigenvalue weighted by molar-refractivity contribution is 7.89. The van der Waals surface area contributed by atoms with Crippen molar-refractivity contribution in [3.8, 4) is 0 Å². The van der Waals surface area contributed by atoms with E-state index < -0.39 is 26.6 Å². The molecule has 3 aromatic rings. The normalized spacial score (nSPS) is 14.0. The summed E-state index contributed by atoms with van der Waals surface area (Å²) in [5, 5.41) is 10.6. The Hall–Kier alpha value is -3.31. The quantitative estimate of drug-likeness (QED) is 0.405. The number of aromatic amines is 1. The van der Waals surface area contributed by atoms with Crippen LogP contribution in [0.5, 0.6) is 0 Å². The maximum Gasteiger partial charge on any atom is 0.243 e. The summed E-state index contributed by atoms with van der Waals surface area (Å²) in [6.45, 7) is 4.93. The van der Waals surface area contributed by atoms with Gasteiger partial charge in [0.15, 0.2) is 5.78 Å². The lowest BCUT2D eigenvalue weighted by Crippen LogP contribution is -2.36. The second-order valence-electron chi connectivity index (χ2n) is 9.82. The lowest BCUT2D eigenvalue weighted by molar-refractivity contribution is 0.0992. The number of halogens is 2. The maximum absolute atomic E-state index is 13.7. The average Bonchev–Trinajstić information content (AvgIpc) is 3.23. The highest BCUT2D eigenvalue weighted by atomic mass is 32.2. The van der Waals surface area contributed by atoms with Crippen LogP contribution >= 0.6 is 0 Å². The fourth-order valence-corrected chi connectivity index (χ4v) is 5.72. The smallest absolute Gasteiger partial charge is 0.243 e. The van der Waals surface area contributed by atoms with Crippen LogP contribution in [-0.2, 0) is 29.4 Å². The topological polar surface area (TPSA) is 98.4 Å². The number of Topliss-reactive ketones (excluding diaryl/α,β-unsaturated/α-hetero) is 1. The zero-order valence-corrected chi connectivity index (χ0v) is 22.1. The van der Waals surface area contributed by atoms with E-state index in [0.29, 0.717) is 41.8 Å². The van der Waals surface area contributed by atoms with Gasteiger partial charge in [-0.25, -0.2) is 17.2 Å². The Kier molecular flexibility index (Phi) is 7.65.